The van der Waals surface area contributed by atoms with E-state index in [0.717, 1.165) is 37.3 Å². The van der Waals surface area contributed by atoms with Crippen molar-refractivity contribution in [2.45, 2.75) is 25.8 Å². The maximum atomic E-state index is 12.0. The number of anilines is 2. The molecule has 2 amide bonds. The van der Waals surface area contributed by atoms with Gasteiger partial charge in [0.15, 0.2) is 0 Å². The molecular weight excluding hydrogens is 290 g/mol. The molecule has 23 heavy (non-hydrogen) atoms. The minimum Gasteiger partial charge on any atom is -0.356 e. The molecule has 2 aromatic rings. The second-order valence-corrected chi connectivity index (χ2v) is 5.80. The van der Waals surface area contributed by atoms with Crippen LogP contribution in [0, 0.1) is 6.92 Å². The highest BCUT2D eigenvalue weighted by Gasteiger charge is 2.21. The molecule has 0 saturated carbocycles. The van der Waals surface area contributed by atoms with E-state index in [9.17, 15) is 4.79 Å². The van der Waals surface area contributed by atoms with E-state index in [4.69, 9.17) is 0 Å². The zero-order valence-corrected chi connectivity index (χ0v) is 13.2. The molecule has 6 heteroatoms. The smallest absolute Gasteiger partial charge is 0.319 e. The highest BCUT2D eigenvalue weighted by molar-refractivity contribution is 5.89. The molecule has 0 aromatic carbocycles. The van der Waals surface area contributed by atoms with Crippen molar-refractivity contribution in [1.82, 2.24) is 15.3 Å². The number of carbonyl (C=O) groups excluding carboxylic acids is 1. The summed E-state index contributed by atoms with van der Waals surface area (Å²) in [6.07, 6.45) is 7.02. The Bertz CT molecular complexity index is 636. The maximum absolute atomic E-state index is 12.0. The molecule has 1 aliphatic rings. The molecule has 0 atom stereocenters. The lowest BCUT2D eigenvalue weighted by molar-refractivity contribution is 0.246. The minimum atomic E-state index is -0.176. The second kappa shape index (κ2) is 7.09. The van der Waals surface area contributed by atoms with Crippen molar-refractivity contribution in [3.63, 3.8) is 0 Å². The first kappa shape index (κ1) is 15.3. The number of nitrogens with zero attached hydrogens (tertiary/aromatic N) is 3. The van der Waals surface area contributed by atoms with Gasteiger partial charge in [0.2, 0.25) is 0 Å². The van der Waals surface area contributed by atoms with Crippen LogP contribution in [0.15, 0.2) is 42.9 Å². The first-order chi connectivity index (χ1) is 11.2. The zero-order chi connectivity index (χ0) is 16.1. The second-order valence-electron chi connectivity index (χ2n) is 5.80. The third kappa shape index (κ3) is 4.18. The van der Waals surface area contributed by atoms with Gasteiger partial charge in [0, 0.05) is 31.5 Å². The summed E-state index contributed by atoms with van der Waals surface area (Å²) in [5.41, 5.74) is 1.86. The van der Waals surface area contributed by atoms with Gasteiger partial charge in [-0.1, -0.05) is 6.07 Å². The number of aryl methyl sites for hydroxylation is 1. The Morgan fingerprint density at radius 2 is 2.04 bits per heavy atom. The standard InChI is InChI=1S/C17H21N5O/c1-13-4-5-16(19-11-13)22-9-6-14(7-10-22)20-17(23)21-15-3-2-8-18-12-15/h2-5,8,11-12,14H,6-7,9-10H2,1H3,(H2,20,21,23). The lowest BCUT2D eigenvalue weighted by Crippen LogP contribution is -2.46. The number of urea groups is 1. The molecule has 0 bridgehead atoms. The number of hydrogen-bond acceptors (Lipinski definition) is 4. The number of piperidine rings is 1. The lowest BCUT2D eigenvalue weighted by atomic mass is 10.1. The third-order valence-corrected chi connectivity index (χ3v) is 3.97. The molecule has 2 aromatic heterocycles. The summed E-state index contributed by atoms with van der Waals surface area (Å²) in [5.74, 6) is 1.01. The number of carbonyl (C=O) groups is 1. The maximum Gasteiger partial charge on any atom is 0.319 e. The fourth-order valence-electron chi connectivity index (χ4n) is 2.69. The SMILES string of the molecule is Cc1ccc(N2CCC(NC(=O)Nc3cccnc3)CC2)nc1. The molecular formula is C17H21N5O. The average molecular weight is 311 g/mol. The van der Waals surface area contributed by atoms with Crippen LogP contribution < -0.4 is 15.5 Å². The number of rotatable bonds is 3. The van der Waals surface area contributed by atoms with Crippen LogP contribution in [0.1, 0.15) is 18.4 Å². The number of nitrogens with one attached hydrogen (secondary N) is 2. The summed E-state index contributed by atoms with van der Waals surface area (Å²) in [7, 11) is 0. The summed E-state index contributed by atoms with van der Waals surface area (Å²) in [4.78, 5) is 22.7. The Kier molecular flexibility index (Phi) is 4.71. The van der Waals surface area contributed by atoms with E-state index >= 15 is 0 Å². The Morgan fingerprint density at radius 3 is 2.70 bits per heavy atom. The highest BCUT2D eigenvalue weighted by atomic mass is 16.2. The molecule has 1 aliphatic heterocycles. The highest BCUT2D eigenvalue weighted by Crippen LogP contribution is 2.18. The monoisotopic (exact) mass is 311 g/mol. The fraction of sp³-hybridized carbons (Fsp3) is 0.353. The molecule has 0 aliphatic carbocycles. The molecule has 0 radical (unpaired) electrons. The predicted molar refractivity (Wildman–Crippen MR) is 90.6 cm³/mol. The van der Waals surface area contributed by atoms with E-state index in [0.29, 0.717) is 5.69 Å². The molecule has 0 unspecified atom stereocenters. The van der Waals surface area contributed by atoms with Crippen molar-refractivity contribution in [1.29, 1.82) is 0 Å². The predicted octanol–water partition coefficient (Wildman–Crippen LogP) is 2.58. The van der Waals surface area contributed by atoms with Gasteiger partial charge >= 0.3 is 6.03 Å². The van der Waals surface area contributed by atoms with Crippen LogP contribution >= 0.6 is 0 Å². The van der Waals surface area contributed by atoms with Crippen molar-refractivity contribution in [3.8, 4) is 0 Å². The molecule has 3 heterocycles. The first-order valence-corrected chi connectivity index (χ1v) is 7.86. The van der Waals surface area contributed by atoms with E-state index in [2.05, 4.69) is 37.6 Å². The average Bonchev–Trinajstić information content (AvgIpc) is 2.57. The molecule has 2 N–H and O–H groups in total. The number of aromatic nitrogens is 2. The van der Waals surface area contributed by atoms with E-state index < -0.39 is 0 Å². The minimum absolute atomic E-state index is 0.176. The third-order valence-electron chi connectivity index (χ3n) is 3.97. The Morgan fingerprint density at radius 1 is 1.22 bits per heavy atom. The Labute approximate surface area is 135 Å². The van der Waals surface area contributed by atoms with Gasteiger partial charge in [-0.05, 0) is 43.5 Å². The van der Waals surface area contributed by atoms with E-state index in [1.165, 1.54) is 0 Å². The van der Waals surface area contributed by atoms with E-state index in [1.54, 1.807) is 18.5 Å². The quantitative estimate of drug-likeness (QED) is 0.914. The molecule has 6 nitrogen and oxygen atoms in total. The summed E-state index contributed by atoms with van der Waals surface area (Å²) in [6, 6.07) is 7.76. The summed E-state index contributed by atoms with van der Waals surface area (Å²) in [5, 5.41) is 5.82. The van der Waals surface area contributed by atoms with Crippen molar-refractivity contribution in [2.75, 3.05) is 23.3 Å². The van der Waals surface area contributed by atoms with Gasteiger partial charge in [-0.2, -0.15) is 0 Å². The summed E-state index contributed by atoms with van der Waals surface area (Å²) in [6.45, 7) is 3.83. The molecule has 1 fully saturated rings. The van der Waals surface area contributed by atoms with Gasteiger partial charge in [-0.3, -0.25) is 4.98 Å². The van der Waals surface area contributed by atoms with Crippen molar-refractivity contribution in [3.05, 3.63) is 48.4 Å². The van der Waals surface area contributed by atoms with Crippen LogP contribution in [0.5, 0.6) is 0 Å². The fourth-order valence-corrected chi connectivity index (χ4v) is 2.69. The number of hydrogen-bond donors (Lipinski definition) is 2. The van der Waals surface area contributed by atoms with Crippen LogP contribution in [-0.2, 0) is 0 Å². The van der Waals surface area contributed by atoms with Crippen molar-refractivity contribution >= 4 is 17.5 Å². The first-order valence-electron chi connectivity index (χ1n) is 7.86. The molecule has 3 rings (SSSR count). The van der Waals surface area contributed by atoms with Crippen LogP contribution in [0.2, 0.25) is 0 Å². The lowest BCUT2D eigenvalue weighted by Gasteiger charge is -2.33. The van der Waals surface area contributed by atoms with Gasteiger partial charge in [-0.25, -0.2) is 9.78 Å². The van der Waals surface area contributed by atoms with Gasteiger partial charge < -0.3 is 15.5 Å². The molecule has 120 valence electrons. The molecule has 0 spiro atoms. The van der Waals surface area contributed by atoms with Gasteiger partial charge in [0.1, 0.15) is 5.82 Å². The number of amides is 2. The van der Waals surface area contributed by atoms with Crippen LogP contribution in [0.25, 0.3) is 0 Å². The largest absolute Gasteiger partial charge is 0.356 e. The number of pyridine rings is 2. The summed E-state index contributed by atoms with van der Waals surface area (Å²) < 4.78 is 0. The van der Waals surface area contributed by atoms with Crippen molar-refractivity contribution < 1.29 is 4.79 Å². The zero-order valence-electron chi connectivity index (χ0n) is 13.2. The molecule has 1 saturated heterocycles. The van der Waals surface area contributed by atoms with E-state index in [-0.39, 0.29) is 12.1 Å². The summed E-state index contributed by atoms with van der Waals surface area (Å²) >= 11 is 0. The van der Waals surface area contributed by atoms with Crippen LogP contribution in [0.3, 0.4) is 0 Å². The van der Waals surface area contributed by atoms with E-state index in [1.807, 2.05) is 19.2 Å². The topological polar surface area (TPSA) is 70.2 Å². The van der Waals surface area contributed by atoms with Crippen molar-refractivity contribution in [2.24, 2.45) is 0 Å². The Hall–Kier alpha value is -2.63. The normalized spacial score (nSPS) is 15.3. The van der Waals surface area contributed by atoms with Crippen LogP contribution in [-0.4, -0.2) is 35.1 Å². The van der Waals surface area contributed by atoms with Gasteiger partial charge in [-0.15, -0.1) is 0 Å². The van der Waals surface area contributed by atoms with Gasteiger partial charge in [0.05, 0.1) is 11.9 Å². The Balaban J connectivity index is 1.47. The van der Waals surface area contributed by atoms with Crippen LogP contribution in [0.4, 0.5) is 16.3 Å². The van der Waals surface area contributed by atoms with Gasteiger partial charge in [0.25, 0.3) is 0 Å².